The van der Waals surface area contributed by atoms with E-state index in [1.807, 2.05) is 23.6 Å². The van der Waals surface area contributed by atoms with E-state index in [0.717, 1.165) is 22.8 Å². The standard InChI is InChI=1S/C18H23N5O3S/c1-11-16(27-12(2)19-11)17(25)23-4-3-13(10-23)14-9-15(24)21-18(20-14)22-5-7-26-8-6-22/h9,13H,3-8,10H2,1-2H3,(H,20,21,24)/t13-/m0/s1. The first kappa shape index (κ1) is 18.1. The highest BCUT2D eigenvalue weighted by molar-refractivity contribution is 7.13. The third-order valence-corrected chi connectivity index (χ3v) is 6.11. The summed E-state index contributed by atoms with van der Waals surface area (Å²) in [5.41, 5.74) is 1.39. The lowest BCUT2D eigenvalue weighted by Gasteiger charge is -2.27. The van der Waals surface area contributed by atoms with Gasteiger partial charge in [0.25, 0.3) is 11.5 Å². The van der Waals surface area contributed by atoms with Gasteiger partial charge in [0.15, 0.2) is 0 Å². The topological polar surface area (TPSA) is 91.4 Å². The summed E-state index contributed by atoms with van der Waals surface area (Å²) in [5.74, 6) is 0.698. The van der Waals surface area contributed by atoms with Crippen molar-refractivity contribution < 1.29 is 9.53 Å². The Labute approximate surface area is 161 Å². The van der Waals surface area contributed by atoms with Crippen molar-refractivity contribution in [3.8, 4) is 0 Å². The van der Waals surface area contributed by atoms with Crippen LogP contribution in [-0.2, 0) is 4.74 Å². The van der Waals surface area contributed by atoms with Gasteiger partial charge in [-0.2, -0.15) is 0 Å². The maximum atomic E-state index is 12.8. The molecule has 1 atom stereocenters. The Bertz CT molecular complexity index is 903. The summed E-state index contributed by atoms with van der Waals surface area (Å²) in [4.78, 5) is 41.5. The number of hydrogen-bond donors (Lipinski definition) is 1. The second-order valence-corrected chi connectivity index (χ2v) is 8.18. The number of morpholine rings is 1. The number of carbonyl (C=O) groups excluding carboxylic acids is 1. The van der Waals surface area contributed by atoms with E-state index >= 15 is 0 Å². The number of H-pyrrole nitrogens is 1. The number of amides is 1. The molecule has 0 unspecified atom stereocenters. The van der Waals surface area contributed by atoms with E-state index in [9.17, 15) is 9.59 Å². The van der Waals surface area contributed by atoms with Crippen molar-refractivity contribution in [1.29, 1.82) is 0 Å². The molecule has 9 heteroatoms. The van der Waals surface area contributed by atoms with Crippen molar-refractivity contribution in [2.75, 3.05) is 44.3 Å². The maximum absolute atomic E-state index is 12.8. The first-order chi connectivity index (χ1) is 13.0. The van der Waals surface area contributed by atoms with E-state index in [2.05, 4.69) is 9.97 Å². The van der Waals surface area contributed by atoms with Crippen molar-refractivity contribution in [2.24, 2.45) is 0 Å². The molecule has 1 N–H and O–H groups in total. The average Bonchev–Trinajstić information content (AvgIpc) is 3.28. The quantitative estimate of drug-likeness (QED) is 0.851. The lowest BCUT2D eigenvalue weighted by atomic mass is 10.1. The lowest BCUT2D eigenvalue weighted by molar-refractivity contribution is 0.0794. The molecule has 0 saturated carbocycles. The average molecular weight is 389 g/mol. The van der Waals surface area contributed by atoms with Crippen LogP contribution in [-0.4, -0.2) is 65.2 Å². The third-order valence-electron chi connectivity index (χ3n) is 5.05. The predicted octanol–water partition coefficient (Wildman–Crippen LogP) is 1.31. The maximum Gasteiger partial charge on any atom is 0.265 e. The third kappa shape index (κ3) is 3.74. The fourth-order valence-electron chi connectivity index (χ4n) is 3.66. The predicted molar refractivity (Wildman–Crippen MR) is 103 cm³/mol. The molecule has 4 rings (SSSR count). The van der Waals surface area contributed by atoms with Crippen LogP contribution in [0.4, 0.5) is 5.95 Å². The fourth-order valence-corrected chi connectivity index (χ4v) is 4.54. The molecule has 2 aliphatic rings. The number of thiazole rings is 1. The number of anilines is 1. The first-order valence-electron chi connectivity index (χ1n) is 9.18. The molecule has 144 valence electrons. The number of rotatable bonds is 3. The van der Waals surface area contributed by atoms with Crippen LogP contribution < -0.4 is 10.5 Å². The number of likely N-dealkylation sites (tertiary alicyclic amines) is 1. The summed E-state index contributed by atoms with van der Waals surface area (Å²) < 4.78 is 5.37. The van der Waals surface area contributed by atoms with E-state index in [1.165, 1.54) is 11.3 Å². The Morgan fingerprint density at radius 1 is 1.26 bits per heavy atom. The zero-order valence-electron chi connectivity index (χ0n) is 15.5. The van der Waals surface area contributed by atoms with E-state index in [-0.39, 0.29) is 17.4 Å². The second kappa shape index (κ2) is 7.40. The number of aromatic amines is 1. The largest absolute Gasteiger partial charge is 0.378 e. The molecular formula is C18H23N5O3S. The number of aryl methyl sites for hydroxylation is 2. The van der Waals surface area contributed by atoms with E-state index < -0.39 is 0 Å². The van der Waals surface area contributed by atoms with Gasteiger partial charge in [0, 0.05) is 38.2 Å². The first-order valence-corrected chi connectivity index (χ1v) is 10.00. The van der Waals surface area contributed by atoms with Crippen LogP contribution in [0.5, 0.6) is 0 Å². The summed E-state index contributed by atoms with van der Waals surface area (Å²) in [7, 11) is 0. The van der Waals surface area contributed by atoms with Crippen molar-refractivity contribution in [3.05, 3.63) is 37.7 Å². The molecule has 8 nitrogen and oxygen atoms in total. The Kier molecular flexibility index (Phi) is 4.96. The highest BCUT2D eigenvalue weighted by atomic mass is 32.1. The molecule has 1 amide bonds. The van der Waals surface area contributed by atoms with Gasteiger partial charge in [-0.1, -0.05) is 0 Å². The minimum Gasteiger partial charge on any atom is -0.378 e. The van der Waals surface area contributed by atoms with Gasteiger partial charge in [0.05, 0.1) is 29.6 Å². The van der Waals surface area contributed by atoms with Crippen molar-refractivity contribution in [3.63, 3.8) is 0 Å². The molecule has 0 radical (unpaired) electrons. The van der Waals surface area contributed by atoms with Gasteiger partial charge in [0.2, 0.25) is 5.95 Å². The molecule has 0 spiro atoms. The highest BCUT2D eigenvalue weighted by Gasteiger charge is 2.31. The molecule has 2 aliphatic heterocycles. The smallest absolute Gasteiger partial charge is 0.265 e. The molecule has 0 aliphatic carbocycles. The number of aromatic nitrogens is 3. The number of nitrogens with one attached hydrogen (secondary N) is 1. The molecular weight excluding hydrogens is 366 g/mol. The van der Waals surface area contributed by atoms with Gasteiger partial charge in [0.1, 0.15) is 4.88 Å². The number of nitrogens with zero attached hydrogens (tertiary/aromatic N) is 4. The van der Waals surface area contributed by atoms with Gasteiger partial charge >= 0.3 is 0 Å². The zero-order chi connectivity index (χ0) is 19.0. The van der Waals surface area contributed by atoms with E-state index in [4.69, 9.17) is 9.72 Å². The second-order valence-electron chi connectivity index (χ2n) is 6.98. The van der Waals surface area contributed by atoms with E-state index in [0.29, 0.717) is 50.2 Å². The summed E-state index contributed by atoms with van der Waals surface area (Å²) in [6.07, 6.45) is 0.807. The molecule has 4 heterocycles. The Morgan fingerprint density at radius 3 is 2.74 bits per heavy atom. The molecule has 0 aromatic carbocycles. The Hall–Kier alpha value is -2.26. The van der Waals surface area contributed by atoms with Crippen LogP contribution in [0.25, 0.3) is 0 Å². The van der Waals surface area contributed by atoms with Crippen LogP contribution in [0.2, 0.25) is 0 Å². The lowest BCUT2D eigenvalue weighted by Crippen LogP contribution is -2.38. The van der Waals surface area contributed by atoms with Crippen LogP contribution in [0.3, 0.4) is 0 Å². The number of carbonyl (C=O) groups is 1. The normalized spacial score (nSPS) is 20.3. The molecule has 2 aromatic heterocycles. The molecule has 2 fully saturated rings. The van der Waals surface area contributed by atoms with E-state index in [1.54, 1.807) is 6.07 Å². The van der Waals surface area contributed by atoms with Gasteiger partial charge in [-0.3, -0.25) is 14.6 Å². The van der Waals surface area contributed by atoms with Gasteiger partial charge < -0.3 is 14.5 Å². The zero-order valence-corrected chi connectivity index (χ0v) is 16.3. The summed E-state index contributed by atoms with van der Waals surface area (Å²) >= 11 is 1.44. The van der Waals surface area contributed by atoms with Gasteiger partial charge in [-0.25, -0.2) is 9.97 Å². The molecule has 0 bridgehead atoms. The fraction of sp³-hybridized carbons (Fsp3) is 0.556. The minimum absolute atomic E-state index is 0.0267. The number of hydrogen-bond acceptors (Lipinski definition) is 7. The van der Waals surface area contributed by atoms with Crippen molar-refractivity contribution in [1.82, 2.24) is 19.9 Å². The van der Waals surface area contributed by atoms with Gasteiger partial charge in [-0.15, -0.1) is 11.3 Å². The van der Waals surface area contributed by atoms with Crippen LogP contribution in [0, 0.1) is 13.8 Å². The van der Waals surface area contributed by atoms with Crippen molar-refractivity contribution in [2.45, 2.75) is 26.2 Å². The molecule has 2 saturated heterocycles. The molecule has 27 heavy (non-hydrogen) atoms. The minimum atomic E-state index is -0.153. The summed E-state index contributed by atoms with van der Waals surface area (Å²) in [6.45, 7) is 7.72. The Morgan fingerprint density at radius 2 is 2.04 bits per heavy atom. The highest BCUT2D eigenvalue weighted by Crippen LogP contribution is 2.29. The molecule has 2 aromatic rings. The monoisotopic (exact) mass is 389 g/mol. The van der Waals surface area contributed by atoms with Crippen LogP contribution in [0.15, 0.2) is 10.9 Å². The summed E-state index contributed by atoms with van der Waals surface area (Å²) in [5, 5.41) is 0.901. The number of ether oxygens (including phenoxy) is 1. The van der Waals surface area contributed by atoms with Crippen LogP contribution in [0.1, 0.15) is 38.4 Å². The van der Waals surface area contributed by atoms with Gasteiger partial charge in [-0.05, 0) is 20.3 Å². The Balaban J connectivity index is 1.51. The van der Waals surface area contributed by atoms with Crippen LogP contribution >= 0.6 is 11.3 Å². The SMILES string of the molecule is Cc1nc(C)c(C(=O)N2CC[C@H](c3cc(=O)[nH]c(N4CCOCC4)n3)C2)s1. The summed E-state index contributed by atoms with van der Waals surface area (Å²) in [6, 6.07) is 1.56. The van der Waals surface area contributed by atoms with Crippen molar-refractivity contribution >= 4 is 23.2 Å².